The van der Waals surface area contributed by atoms with Gasteiger partial charge in [0.05, 0.1) is 0 Å². The minimum Gasteiger partial charge on any atom is -0.103 e. The second-order valence-corrected chi connectivity index (χ2v) is 11.2. The molecule has 7 rings (SSSR count). The van der Waals surface area contributed by atoms with Crippen LogP contribution in [0.2, 0.25) is 0 Å². The van der Waals surface area contributed by atoms with Crippen LogP contribution in [0.1, 0.15) is 50.3 Å². The number of fused-ring (bicyclic) bond motifs is 7. The SMILES string of the molecule is C.C=CC.Cc1ccc(C2C3CC=CC=C3C=C[C@]2(C)c2ccc3c4ccccc4c4ccccc4c3c2)cc1. The molecule has 0 fully saturated rings. The van der Waals surface area contributed by atoms with Crippen molar-refractivity contribution in [3.63, 3.8) is 0 Å². The largest absolute Gasteiger partial charge is 0.103 e. The minimum absolute atomic E-state index is 0. The van der Waals surface area contributed by atoms with Crippen molar-refractivity contribution in [3.8, 4) is 0 Å². The number of rotatable bonds is 2. The Hall–Kier alpha value is -4.16. The Morgan fingerprint density at radius 1 is 0.775 bits per heavy atom. The van der Waals surface area contributed by atoms with Gasteiger partial charge in [0.25, 0.3) is 0 Å². The Morgan fingerprint density at radius 3 is 1.93 bits per heavy atom. The smallest absolute Gasteiger partial charge is 0.0182 e. The second-order valence-electron chi connectivity index (χ2n) is 11.2. The highest BCUT2D eigenvalue weighted by Crippen LogP contribution is 2.53. The lowest BCUT2D eigenvalue weighted by Crippen LogP contribution is -2.37. The maximum Gasteiger partial charge on any atom is 0.0182 e. The van der Waals surface area contributed by atoms with Crippen molar-refractivity contribution in [2.24, 2.45) is 5.92 Å². The van der Waals surface area contributed by atoms with Gasteiger partial charge < -0.3 is 0 Å². The molecule has 2 aliphatic carbocycles. The first kappa shape index (κ1) is 27.4. The van der Waals surface area contributed by atoms with Crippen LogP contribution in [0.3, 0.4) is 0 Å². The maximum atomic E-state index is 3.36. The van der Waals surface area contributed by atoms with E-state index in [4.69, 9.17) is 0 Å². The molecule has 200 valence electrons. The van der Waals surface area contributed by atoms with Gasteiger partial charge in [-0.05, 0) is 81.3 Å². The van der Waals surface area contributed by atoms with E-state index in [1.807, 2.05) is 6.92 Å². The maximum absolute atomic E-state index is 3.36. The lowest BCUT2D eigenvalue weighted by Gasteiger charge is -2.45. The van der Waals surface area contributed by atoms with Crippen LogP contribution in [-0.2, 0) is 5.41 Å². The summed E-state index contributed by atoms with van der Waals surface area (Å²) in [6.45, 7) is 9.88. The number of hydrogen-bond donors (Lipinski definition) is 0. The molecule has 0 radical (unpaired) electrons. The molecule has 0 amide bonds. The lowest BCUT2D eigenvalue weighted by molar-refractivity contribution is 0.349. The van der Waals surface area contributed by atoms with E-state index in [2.05, 4.69) is 142 Å². The number of hydrogen-bond acceptors (Lipinski definition) is 0. The van der Waals surface area contributed by atoms with Gasteiger partial charge in [-0.3, -0.25) is 0 Å². The summed E-state index contributed by atoms with van der Waals surface area (Å²) >= 11 is 0. The minimum atomic E-state index is -0.108. The second kappa shape index (κ2) is 11.1. The fourth-order valence-electron chi connectivity index (χ4n) is 6.83. The van der Waals surface area contributed by atoms with Crippen molar-refractivity contribution in [2.45, 2.75) is 46.0 Å². The van der Waals surface area contributed by atoms with Crippen LogP contribution >= 0.6 is 0 Å². The van der Waals surface area contributed by atoms with E-state index in [-0.39, 0.29) is 12.8 Å². The van der Waals surface area contributed by atoms with Gasteiger partial charge in [-0.15, -0.1) is 6.58 Å². The van der Waals surface area contributed by atoms with Gasteiger partial charge in [0.2, 0.25) is 0 Å². The molecule has 2 unspecified atom stereocenters. The third-order valence-corrected chi connectivity index (χ3v) is 8.72. The van der Waals surface area contributed by atoms with Crippen molar-refractivity contribution < 1.29 is 0 Å². The summed E-state index contributed by atoms with van der Waals surface area (Å²) in [6, 6.07) is 34.2. The Balaban J connectivity index is 0.000000774. The zero-order valence-corrected chi connectivity index (χ0v) is 23.2. The highest BCUT2D eigenvalue weighted by atomic mass is 14.5. The predicted octanol–water partition coefficient (Wildman–Crippen LogP) is 11.4. The van der Waals surface area contributed by atoms with Crippen LogP contribution in [0.25, 0.3) is 32.3 Å². The molecule has 0 saturated carbocycles. The first-order valence-corrected chi connectivity index (χ1v) is 14.1. The standard InChI is InChI=1S/C36H30.C3H6.CH4/c1-24-15-17-26(18-16-24)35-28-10-4-3-9-25(28)21-22-36(35,2)27-19-20-33-31-13-6-5-11-29(31)30-12-7-8-14-32(30)34(33)23-27;1-3-2;/h3-9,11-23,28,35H,10H2,1-2H3;3H,1H2,2H3;1H4/t28?,35?,36-;;/m1../s1. The molecule has 0 heteroatoms. The monoisotopic (exact) mass is 520 g/mol. The van der Waals surface area contributed by atoms with Gasteiger partial charge >= 0.3 is 0 Å². The van der Waals surface area contributed by atoms with E-state index in [1.54, 1.807) is 6.08 Å². The quantitative estimate of drug-likeness (QED) is 0.160. The van der Waals surface area contributed by atoms with Gasteiger partial charge in [-0.2, -0.15) is 0 Å². The molecule has 0 heterocycles. The highest BCUT2D eigenvalue weighted by molar-refractivity contribution is 6.25. The van der Waals surface area contributed by atoms with Crippen molar-refractivity contribution in [2.75, 3.05) is 0 Å². The first-order chi connectivity index (χ1) is 19.0. The molecular formula is C40H40. The third kappa shape index (κ3) is 4.52. The molecule has 0 nitrogen and oxygen atoms in total. The topological polar surface area (TPSA) is 0 Å². The Morgan fingerprint density at radius 2 is 1.32 bits per heavy atom. The highest BCUT2D eigenvalue weighted by Gasteiger charge is 2.43. The number of allylic oxidation sites excluding steroid dienone is 7. The molecule has 2 aliphatic rings. The molecule has 0 N–H and O–H groups in total. The van der Waals surface area contributed by atoms with Crippen LogP contribution in [-0.4, -0.2) is 0 Å². The van der Waals surface area contributed by atoms with Crippen LogP contribution in [0.5, 0.6) is 0 Å². The Kier molecular flexibility index (Phi) is 7.63. The van der Waals surface area contributed by atoms with Crippen molar-refractivity contribution in [1.29, 1.82) is 0 Å². The summed E-state index contributed by atoms with van der Waals surface area (Å²) in [4.78, 5) is 0. The summed E-state index contributed by atoms with van der Waals surface area (Å²) in [5.41, 5.74) is 5.49. The normalized spacial score (nSPS) is 21.2. The van der Waals surface area contributed by atoms with Gasteiger partial charge in [0, 0.05) is 11.3 Å². The Bertz CT molecular complexity index is 1740. The number of benzene rings is 5. The van der Waals surface area contributed by atoms with Gasteiger partial charge in [-0.25, -0.2) is 0 Å². The molecule has 5 aromatic carbocycles. The molecule has 0 bridgehead atoms. The molecular weight excluding hydrogens is 480 g/mol. The van der Waals surface area contributed by atoms with E-state index >= 15 is 0 Å². The van der Waals surface area contributed by atoms with Crippen molar-refractivity contribution in [3.05, 3.63) is 156 Å². The lowest BCUT2D eigenvalue weighted by atomic mass is 9.58. The molecule has 0 aromatic heterocycles. The molecule has 40 heavy (non-hydrogen) atoms. The van der Waals surface area contributed by atoms with Crippen molar-refractivity contribution >= 4 is 32.3 Å². The van der Waals surface area contributed by atoms with E-state index in [0.29, 0.717) is 11.8 Å². The van der Waals surface area contributed by atoms with Crippen molar-refractivity contribution in [1.82, 2.24) is 0 Å². The average Bonchev–Trinajstić information content (AvgIpc) is 2.98. The first-order valence-electron chi connectivity index (χ1n) is 14.1. The molecule has 0 spiro atoms. The van der Waals surface area contributed by atoms with Gasteiger partial charge in [0.15, 0.2) is 0 Å². The summed E-state index contributed by atoms with van der Waals surface area (Å²) < 4.78 is 0. The molecule has 0 aliphatic heterocycles. The fraction of sp³-hybridized carbons (Fsp3) is 0.200. The van der Waals surface area contributed by atoms with E-state index < -0.39 is 0 Å². The van der Waals surface area contributed by atoms with E-state index in [1.165, 1.54) is 54.6 Å². The summed E-state index contributed by atoms with van der Waals surface area (Å²) in [5.74, 6) is 0.861. The fourth-order valence-corrected chi connectivity index (χ4v) is 6.83. The van der Waals surface area contributed by atoms with E-state index in [9.17, 15) is 0 Å². The Labute approximate surface area is 240 Å². The van der Waals surface area contributed by atoms with Crippen LogP contribution in [0, 0.1) is 12.8 Å². The van der Waals surface area contributed by atoms with Gasteiger partial charge in [-0.1, -0.05) is 141 Å². The zero-order valence-electron chi connectivity index (χ0n) is 23.2. The molecule has 0 saturated heterocycles. The summed E-state index contributed by atoms with van der Waals surface area (Å²) in [6.07, 6.45) is 14.6. The predicted molar refractivity (Wildman–Crippen MR) is 177 cm³/mol. The van der Waals surface area contributed by atoms with Crippen LogP contribution in [0.4, 0.5) is 0 Å². The zero-order chi connectivity index (χ0) is 27.0. The molecule has 3 atom stereocenters. The van der Waals surface area contributed by atoms with Gasteiger partial charge in [0.1, 0.15) is 0 Å². The van der Waals surface area contributed by atoms with Crippen LogP contribution in [0.15, 0.2) is 140 Å². The number of aryl methyl sites for hydroxylation is 1. The molecule has 5 aromatic rings. The van der Waals surface area contributed by atoms with E-state index in [0.717, 1.165) is 6.42 Å². The van der Waals surface area contributed by atoms with Crippen LogP contribution < -0.4 is 0 Å². The summed E-state index contributed by atoms with van der Waals surface area (Å²) in [7, 11) is 0. The third-order valence-electron chi connectivity index (χ3n) is 8.72. The average molecular weight is 521 g/mol. The summed E-state index contributed by atoms with van der Waals surface area (Å²) in [5, 5.41) is 8.02.